The molecule has 7 heteroatoms. The Labute approximate surface area is 137 Å². The third-order valence-electron chi connectivity index (χ3n) is 3.52. The maximum atomic E-state index is 11.9. The maximum absolute atomic E-state index is 11.9. The molecule has 0 aliphatic rings. The molecule has 1 heterocycles. The number of anilines is 2. The van der Waals surface area contributed by atoms with Gasteiger partial charge in [-0.25, -0.2) is 4.79 Å². The van der Waals surface area contributed by atoms with Crippen molar-refractivity contribution in [3.8, 4) is 0 Å². The molecule has 0 radical (unpaired) electrons. The predicted molar refractivity (Wildman–Crippen MR) is 90.6 cm³/mol. The number of nitro groups is 1. The first-order valence-electron chi connectivity index (χ1n) is 7.39. The van der Waals surface area contributed by atoms with Crippen LogP contribution in [0.15, 0.2) is 48.5 Å². The second kappa shape index (κ2) is 6.41. The molecular formula is C17H15N3O4. The van der Waals surface area contributed by atoms with Gasteiger partial charge in [-0.2, -0.15) is 0 Å². The third kappa shape index (κ3) is 2.91. The van der Waals surface area contributed by atoms with Crippen LogP contribution < -0.4 is 5.32 Å². The number of esters is 1. The summed E-state index contributed by atoms with van der Waals surface area (Å²) < 4.78 is 4.96. The van der Waals surface area contributed by atoms with E-state index in [-0.39, 0.29) is 23.5 Å². The molecule has 0 amide bonds. The van der Waals surface area contributed by atoms with E-state index in [2.05, 4.69) is 10.3 Å². The van der Waals surface area contributed by atoms with Gasteiger partial charge in [-0.3, -0.25) is 10.1 Å². The molecule has 0 bridgehead atoms. The van der Waals surface area contributed by atoms with Crippen molar-refractivity contribution in [3.63, 3.8) is 0 Å². The Balaban J connectivity index is 2.11. The van der Waals surface area contributed by atoms with Crippen LogP contribution in [0.25, 0.3) is 10.9 Å². The van der Waals surface area contributed by atoms with Crippen molar-refractivity contribution in [2.75, 3.05) is 11.9 Å². The summed E-state index contributed by atoms with van der Waals surface area (Å²) >= 11 is 0. The highest BCUT2D eigenvalue weighted by Gasteiger charge is 2.20. The van der Waals surface area contributed by atoms with Crippen LogP contribution in [-0.4, -0.2) is 22.5 Å². The maximum Gasteiger partial charge on any atom is 0.354 e. The summed E-state index contributed by atoms with van der Waals surface area (Å²) in [5.74, 6) is -0.548. The first-order valence-corrected chi connectivity index (χ1v) is 7.39. The molecule has 0 fully saturated rings. The average molecular weight is 325 g/mol. The monoisotopic (exact) mass is 325 g/mol. The molecule has 0 saturated carbocycles. The highest BCUT2D eigenvalue weighted by atomic mass is 16.6. The number of hydrogen-bond acceptors (Lipinski definition) is 5. The second-order valence-electron chi connectivity index (χ2n) is 5.07. The number of benzene rings is 2. The molecular weight excluding hydrogens is 310 g/mol. The number of nitro benzene ring substituents is 1. The van der Waals surface area contributed by atoms with E-state index in [0.717, 1.165) is 5.69 Å². The zero-order chi connectivity index (χ0) is 17.1. The smallest absolute Gasteiger partial charge is 0.354 e. The highest BCUT2D eigenvalue weighted by molar-refractivity contribution is 6.04. The summed E-state index contributed by atoms with van der Waals surface area (Å²) in [6.07, 6.45) is 0. The number of para-hydroxylation sites is 1. The van der Waals surface area contributed by atoms with Gasteiger partial charge in [-0.05, 0) is 31.2 Å². The minimum Gasteiger partial charge on any atom is -0.461 e. The number of hydrogen-bond donors (Lipinski definition) is 2. The van der Waals surface area contributed by atoms with Crippen molar-refractivity contribution in [1.29, 1.82) is 0 Å². The molecule has 1 aromatic heterocycles. The van der Waals surface area contributed by atoms with Crippen LogP contribution in [0.2, 0.25) is 0 Å². The fourth-order valence-electron chi connectivity index (χ4n) is 2.46. The van der Waals surface area contributed by atoms with Crippen molar-refractivity contribution in [2.24, 2.45) is 0 Å². The number of carbonyl (C=O) groups excluding carboxylic acids is 1. The zero-order valence-corrected chi connectivity index (χ0v) is 12.9. The molecule has 0 aliphatic heterocycles. The molecule has 0 spiro atoms. The molecule has 0 atom stereocenters. The Morgan fingerprint density at radius 3 is 2.67 bits per heavy atom. The normalized spacial score (nSPS) is 10.5. The Morgan fingerprint density at radius 1 is 1.25 bits per heavy atom. The summed E-state index contributed by atoms with van der Waals surface area (Å²) in [6, 6.07) is 14.0. The van der Waals surface area contributed by atoms with Crippen LogP contribution in [-0.2, 0) is 4.74 Å². The summed E-state index contributed by atoms with van der Waals surface area (Å²) in [7, 11) is 0. The zero-order valence-electron chi connectivity index (χ0n) is 12.9. The van der Waals surface area contributed by atoms with Crippen LogP contribution >= 0.6 is 0 Å². The standard InChI is InChI=1S/C17H15N3O4/c1-2-24-17(21)14-10-12-13(18-11-6-4-3-5-7-11)8-9-15(20(22)23)16(12)19-14/h3-10,18-19H,2H2,1H3. The lowest BCUT2D eigenvalue weighted by molar-refractivity contribution is -0.383. The Hall–Kier alpha value is -3.35. The topological polar surface area (TPSA) is 97.3 Å². The minimum atomic E-state index is -0.548. The number of H-pyrrole nitrogens is 1. The molecule has 3 rings (SSSR count). The number of fused-ring (bicyclic) bond motifs is 1. The molecule has 2 N–H and O–H groups in total. The molecule has 3 aromatic rings. The average Bonchev–Trinajstić information content (AvgIpc) is 3.01. The molecule has 0 unspecified atom stereocenters. The number of carbonyl (C=O) groups is 1. The van der Waals surface area contributed by atoms with Gasteiger partial charge < -0.3 is 15.0 Å². The number of rotatable bonds is 5. The molecule has 122 valence electrons. The number of nitrogens with zero attached hydrogens (tertiary/aromatic N) is 1. The van der Waals surface area contributed by atoms with E-state index in [4.69, 9.17) is 4.74 Å². The van der Waals surface area contributed by atoms with Crippen molar-refractivity contribution in [1.82, 2.24) is 4.98 Å². The van der Waals surface area contributed by atoms with Gasteiger partial charge in [-0.15, -0.1) is 0 Å². The minimum absolute atomic E-state index is 0.0980. The van der Waals surface area contributed by atoms with Crippen LogP contribution in [0.5, 0.6) is 0 Å². The molecule has 0 aliphatic carbocycles. The number of nitrogens with one attached hydrogen (secondary N) is 2. The fourth-order valence-corrected chi connectivity index (χ4v) is 2.46. The summed E-state index contributed by atoms with van der Waals surface area (Å²) in [6.45, 7) is 1.93. The number of aromatic nitrogens is 1. The summed E-state index contributed by atoms with van der Waals surface area (Å²) in [5, 5.41) is 15.0. The van der Waals surface area contributed by atoms with E-state index in [1.54, 1.807) is 19.1 Å². The Bertz CT molecular complexity index is 903. The first-order chi connectivity index (χ1) is 11.6. The van der Waals surface area contributed by atoms with Gasteiger partial charge in [0, 0.05) is 22.8 Å². The lowest BCUT2D eigenvalue weighted by atomic mass is 10.1. The van der Waals surface area contributed by atoms with Gasteiger partial charge in [0.15, 0.2) is 0 Å². The predicted octanol–water partition coefficient (Wildman–Crippen LogP) is 4.00. The van der Waals surface area contributed by atoms with Gasteiger partial charge >= 0.3 is 5.97 Å². The number of ether oxygens (including phenoxy) is 1. The first kappa shape index (κ1) is 15.5. The van der Waals surface area contributed by atoms with Gasteiger partial charge in [0.25, 0.3) is 5.69 Å². The van der Waals surface area contributed by atoms with E-state index < -0.39 is 10.9 Å². The fraction of sp³-hybridized carbons (Fsp3) is 0.118. The third-order valence-corrected chi connectivity index (χ3v) is 3.52. The van der Waals surface area contributed by atoms with Crippen molar-refractivity contribution in [3.05, 3.63) is 64.3 Å². The van der Waals surface area contributed by atoms with Crippen molar-refractivity contribution < 1.29 is 14.5 Å². The van der Waals surface area contributed by atoms with Gasteiger partial charge in [0.2, 0.25) is 0 Å². The summed E-state index contributed by atoms with van der Waals surface area (Å²) in [5.41, 5.74) is 1.86. The van der Waals surface area contributed by atoms with Gasteiger partial charge in [0.1, 0.15) is 11.2 Å². The Kier molecular flexibility index (Phi) is 4.15. The highest BCUT2D eigenvalue weighted by Crippen LogP contribution is 2.33. The number of aromatic amines is 1. The molecule has 24 heavy (non-hydrogen) atoms. The largest absolute Gasteiger partial charge is 0.461 e. The molecule has 2 aromatic carbocycles. The van der Waals surface area contributed by atoms with Gasteiger partial charge in [-0.1, -0.05) is 18.2 Å². The second-order valence-corrected chi connectivity index (χ2v) is 5.07. The van der Waals surface area contributed by atoms with Gasteiger partial charge in [0.05, 0.1) is 11.5 Å². The van der Waals surface area contributed by atoms with E-state index in [1.807, 2.05) is 30.3 Å². The molecule has 7 nitrogen and oxygen atoms in total. The Morgan fingerprint density at radius 2 is 2.00 bits per heavy atom. The lowest BCUT2D eigenvalue weighted by Crippen LogP contribution is -2.04. The summed E-state index contributed by atoms with van der Waals surface area (Å²) in [4.78, 5) is 25.5. The van der Waals surface area contributed by atoms with E-state index in [0.29, 0.717) is 11.1 Å². The van der Waals surface area contributed by atoms with E-state index in [9.17, 15) is 14.9 Å². The lowest BCUT2D eigenvalue weighted by Gasteiger charge is -2.07. The van der Waals surface area contributed by atoms with Crippen LogP contribution in [0.1, 0.15) is 17.4 Å². The van der Waals surface area contributed by atoms with Crippen LogP contribution in [0.3, 0.4) is 0 Å². The van der Waals surface area contributed by atoms with E-state index in [1.165, 1.54) is 6.07 Å². The van der Waals surface area contributed by atoms with Crippen molar-refractivity contribution in [2.45, 2.75) is 6.92 Å². The molecule has 0 saturated heterocycles. The number of non-ortho nitro benzene ring substituents is 1. The van der Waals surface area contributed by atoms with Crippen LogP contribution in [0, 0.1) is 10.1 Å². The quantitative estimate of drug-likeness (QED) is 0.420. The SMILES string of the molecule is CCOC(=O)c1cc2c(Nc3ccccc3)ccc([N+](=O)[O-])c2[nH]1. The van der Waals surface area contributed by atoms with Crippen LogP contribution in [0.4, 0.5) is 17.1 Å². The van der Waals surface area contributed by atoms with E-state index >= 15 is 0 Å². The van der Waals surface area contributed by atoms with Crippen molar-refractivity contribution >= 4 is 33.9 Å².